The smallest absolute Gasteiger partial charge is 0.410 e. The number of rotatable bonds is 7. The van der Waals surface area contributed by atoms with Gasteiger partial charge in [-0.3, -0.25) is 19.8 Å². The molecule has 1 aromatic carbocycles. The number of carbonyl (C=O) groups excluding carboxylic acids is 2. The van der Waals surface area contributed by atoms with Gasteiger partial charge in [-0.1, -0.05) is 6.92 Å². The second-order valence-corrected chi connectivity index (χ2v) is 7.07. The van der Waals surface area contributed by atoms with Gasteiger partial charge in [-0.2, -0.15) is 12.6 Å². The molecule has 1 heterocycles. The van der Waals surface area contributed by atoms with Crippen LogP contribution in [0.15, 0.2) is 24.3 Å². The molecule has 27 heavy (non-hydrogen) atoms. The Hall–Kier alpha value is -2.33. The van der Waals surface area contributed by atoms with Gasteiger partial charge in [0.25, 0.3) is 5.69 Å². The first-order valence-corrected chi connectivity index (χ1v) is 9.14. The lowest BCUT2D eigenvalue weighted by atomic mass is 10.2. The van der Waals surface area contributed by atoms with Crippen molar-refractivity contribution in [3.63, 3.8) is 0 Å². The van der Waals surface area contributed by atoms with Crippen molar-refractivity contribution < 1.29 is 24.4 Å². The van der Waals surface area contributed by atoms with Crippen LogP contribution < -0.4 is 5.32 Å². The van der Waals surface area contributed by atoms with Gasteiger partial charge in [0.15, 0.2) is 0 Å². The lowest BCUT2D eigenvalue weighted by Crippen LogP contribution is -2.47. The van der Waals surface area contributed by atoms with Gasteiger partial charge in [0.05, 0.1) is 11.0 Å². The van der Waals surface area contributed by atoms with E-state index < -0.39 is 23.2 Å². The zero-order chi connectivity index (χ0) is 20.0. The van der Waals surface area contributed by atoms with Crippen LogP contribution >= 0.6 is 12.6 Å². The molecule has 148 valence electrons. The number of nitrogens with zero attached hydrogens (tertiary/aromatic N) is 2. The molecule has 0 unspecified atom stereocenters. The number of nitrogens with one attached hydrogen (secondary N) is 1. The zero-order valence-corrected chi connectivity index (χ0v) is 15.8. The van der Waals surface area contributed by atoms with Crippen LogP contribution in [0.25, 0.3) is 0 Å². The first-order chi connectivity index (χ1) is 12.8. The molecule has 1 saturated heterocycles. The molecule has 10 heteroatoms. The summed E-state index contributed by atoms with van der Waals surface area (Å²) in [6.07, 6.45) is -0.379. The Morgan fingerprint density at radius 1 is 1.44 bits per heavy atom. The predicted octanol–water partition coefficient (Wildman–Crippen LogP) is 1.49. The van der Waals surface area contributed by atoms with Gasteiger partial charge in [-0.15, -0.1) is 0 Å². The Morgan fingerprint density at radius 2 is 2.11 bits per heavy atom. The highest BCUT2D eigenvalue weighted by Gasteiger charge is 2.39. The number of carbonyl (C=O) groups is 2. The molecule has 1 aliphatic heterocycles. The molecule has 9 nitrogen and oxygen atoms in total. The Labute approximate surface area is 162 Å². The molecule has 0 bridgehead atoms. The molecule has 0 aliphatic carbocycles. The standard InChI is InChI=1S/C17H23N3O6S/c1-2-13(21)8-18-16(22)15-7-14(27)9-19(15)17(23)26-10-11-3-5-12(6-4-11)20(24)25/h3-6,13-15,21,27H,2,7-10H2,1H3,(H,18,22)/t13-,14+,15+/m1/s1. The fourth-order valence-electron chi connectivity index (χ4n) is 2.69. The van der Waals surface area contributed by atoms with Gasteiger partial charge in [-0.25, -0.2) is 4.79 Å². The average molecular weight is 397 g/mol. The summed E-state index contributed by atoms with van der Waals surface area (Å²) in [5.74, 6) is -0.355. The number of aliphatic hydroxyl groups is 1. The molecule has 3 atom stereocenters. The van der Waals surface area contributed by atoms with E-state index in [1.807, 2.05) is 0 Å². The van der Waals surface area contributed by atoms with E-state index in [-0.39, 0.29) is 36.5 Å². The van der Waals surface area contributed by atoms with Gasteiger partial charge in [0, 0.05) is 30.5 Å². The summed E-state index contributed by atoms with van der Waals surface area (Å²) in [5, 5.41) is 22.7. The minimum Gasteiger partial charge on any atom is -0.445 e. The molecule has 1 fully saturated rings. The summed E-state index contributed by atoms with van der Waals surface area (Å²) in [6, 6.07) is 4.97. The molecule has 2 amide bonds. The fourth-order valence-corrected chi connectivity index (χ4v) is 3.06. The van der Waals surface area contributed by atoms with Crippen molar-refractivity contribution in [1.82, 2.24) is 10.2 Å². The van der Waals surface area contributed by atoms with E-state index in [2.05, 4.69) is 17.9 Å². The Morgan fingerprint density at radius 3 is 2.70 bits per heavy atom. The van der Waals surface area contributed by atoms with Crippen LogP contribution in [-0.4, -0.2) is 57.4 Å². The van der Waals surface area contributed by atoms with Crippen molar-refractivity contribution in [1.29, 1.82) is 0 Å². The molecule has 1 aliphatic rings. The van der Waals surface area contributed by atoms with E-state index in [9.17, 15) is 24.8 Å². The van der Waals surface area contributed by atoms with Gasteiger partial charge in [0.1, 0.15) is 12.6 Å². The number of thiol groups is 1. The van der Waals surface area contributed by atoms with E-state index in [0.29, 0.717) is 18.4 Å². The van der Waals surface area contributed by atoms with Gasteiger partial charge in [0.2, 0.25) is 5.91 Å². The van der Waals surface area contributed by atoms with Crippen LogP contribution in [0.3, 0.4) is 0 Å². The lowest BCUT2D eigenvalue weighted by Gasteiger charge is -2.23. The van der Waals surface area contributed by atoms with Gasteiger partial charge < -0.3 is 15.2 Å². The monoisotopic (exact) mass is 397 g/mol. The molecule has 2 N–H and O–H groups in total. The quantitative estimate of drug-likeness (QED) is 0.364. The Balaban J connectivity index is 1.92. The van der Waals surface area contributed by atoms with Crippen LogP contribution in [0.2, 0.25) is 0 Å². The van der Waals surface area contributed by atoms with E-state index in [1.54, 1.807) is 6.92 Å². The van der Waals surface area contributed by atoms with E-state index >= 15 is 0 Å². The third-order valence-electron chi connectivity index (χ3n) is 4.31. The van der Waals surface area contributed by atoms with E-state index in [0.717, 1.165) is 0 Å². The molecule has 2 rings (SSSR count). The van der Waals surface area contributed by atoms with Crippen molar-refractivity contribution in [2.45, 2.75) is 43.8 Å². The normalized spacial score (nSPS) is 20.2. The molecular weight excluding hydrogens is 374 g/mol. The summed E-state index contributed by atoms with van der Waals surface area (Å²) >= 11 is 4.35. The van der Waals surface area contributed by atoms with Crippen molar-refractivity contribution >= 4 is 30.3 Å². The van der Waals surface area contributed by atoms with Crippen molar-refractivity contribution in [2.24, 2.45) is 0 Å². The largest absolute Gasteiger partial charge is 0.445 e. The zero-order valence-electron chi connectivity index (χ0n) is 14.9. The maximum absolute atomic E-state index is 12.4. The van der Waals surface area contributed by atoms with Crippen LogP contribution in [-0.2, 0) is 16.1 Å². The number of hydrogen-bond donors (Lipinski definition) is 3. The van der Waals surface area contributed by atoms with Crippen LogP contribution in [0, 0.1) is 10.1 Å². The Bertz CT molecular complexity index is 684. The number of nitro benzene ring substituents is 1. The first-order valence-electron chi connectivity index (χ1n) is 8.62. The first kappa shape index (κ1) is 21.0. The van der Waals surface area contributed by atoms with E-state index in [1.165, 1.54) is 29.2 Å². The second kappa shape index (κ2) is 9.56. The molecular formula is C17H23N3O6S. The topological polar surface area (TPSA) is 122 Å². The lowest BCUT2D eigenvalue weighted by molar-refractivity contribution is -0.384. The number of ether oxygens (including phenoxy) is 1. The third-order valence-corrected chi connectivity index (χ3v) is 4.68. The highest BCUT2D eigenvalue weighted by molar-refractivity contribution is 7.81. The SMILES string of the molecule is CC[C@@H](O)CNC(=O)[C@@H]1C[C@H](S)CN1C(=O)OCc1ccc([N+](=O)[O-])cc1. The minimum absolute atomic E-state index is 0.0477. The van der Waals surface area contributed by atoms with Crippen LogP contribution in [0.4, 0.5) is 10.5 Å². The number of nitro groups is 1. The van der Waals surface area contributed by atoms with Crippen molar-refractivity contribution in [3.8, 4) is 0 Å². The summed E-state index contributed by atoms with van der Waals surface area (Å²) in [5.41, 5.74) is 0.552. The summed E-state index contributed by atoms with van der Waals surface area (Å²) < 4.78 is 5.24. The number of amides is 2. The minimum atomic E-state index is -0.707. The number of hydrogen-bond acceptors (Lipinski definition) is 7. The van der Waals surface area contributed by atoms with Crippen LogP contribution in [0.5, 0.6) is 0 Å². The number of non-ortho nitro benzene ring substituents is 1. The van der Waals surface area contributed by atoms with Crippen LogP contribution in [0.1, 0.15) is 25.3 Å². The number of aliphatic hydroxyl groups excluding tert-OH is 1. The highest BCUT2D eigenvalue weighted by Crippen LogP contribution is 2.23. The average Bonchev–Trinajstić information content (AvgIpc) is 3.06. The summed E-state index contributed by atoms with van der Waals surface area (Å²) in [7, 11) is 0. The maximum atomic E-state index is 12.4. The fraction of sp³-hybridized carbons (Fsp3) is 0.529. The molecule has 0 spiro atoms. The summed E-state index contributed by atoms with van der Waals surface area (Å²) in [6.45, 7) is 2.14. The second-order valence-electron chi connectivity index (χ2n) is 6.34. The molecule has 0 radical (unpaired) electrons. The highest BCUT2D eigenvalue weighted by atomic mass is 32.1. The molecule has 0 aromatic heterocycles. The van der Waals surface area contributed by atoms with Crippen molar-refractivity contribution in [3.05, 3.63) is 39.9 Å². The third kappa shape index (κ3) is 5.83. The number of likely N-dealkylation sites (tertiary alicyclic amines) is 1. The molecule has 1 aromatic rings. The van der Waals surface area contributed by atoms with Crippen molar-refractivity contribution in [2.75, 3.05) is 13.1 Å². The van der Waals surface area contributed by atoms with Gasteiger partial charge in [-0.05, 0) is 30.5 Å². The predicted molar refractivity (Wildman–Crippen MR) is 100 cm³/mol. The summed E-state index contributed by atoms with van der Waals surface area (Å²) in [4.78, 5) is 36.2. The maximum Gasteiger partial charge on any atom is 0.410 e. The van der Waals surface area contributed by atoms with Gasteiger partial charge >= 0.3 is 6.09 Å². The van der Waals surface area contributed by atoms with E-state index in [4.69, 9.17) is 4.74 Å². The number of benzene rings is 1. The Kier molecular flexibility index (Phi) is 7.43. The molecule has 0 saturated carbocycles.